The fraction of sp³-hybridized carbons (Fsp3) is 0.667. The third-order valence-electron chi connectivity index (χ3n) is 3.15. The van der Waals surface area contributed by atoms with E-state index in [1.165, 1.54) is 12.8 Å². The standard InChI is InChI=1S/C15H23ClN2O/c1-10(2)8-11(3)19-15-7-6-13(16)14(18-15)9-17-12-4-5-12/h6-7,10-12,17H,4-5,8-9H2,1-3H3. The molecule has 1 aromatic rings. The summed E-state index contributed by atoms with van der Waals surface area (Å²) in [5, 5.41) is 4.13. The van der Waals surface area contributed by atoms with Gasteiger partial charge in [-0.05, 0) is 38.2 Å². The third kappa shape index (κ3) is 5.00. The molecule has 1 aliphatic carbocycles. The van der Waals surface area contributed by atoms with E-state index in [0.29, 0.717) is 22.9 Å². The van der Waals surface area contributed by atoms with Gasteiger partial charge < -0.3 is 10.1 Å². The van der Waals surface area contributed by atoms with Gasteiger partial charge in [-0.2, -0.15) is 0 Å². The van der Waals surface area contributed by atoms with Crippen LogP contribution in [0.5, 0.6) is 5.88 Å². The molecule has 4 heteroatoms. The van der Waals surface area contributed by atoms with Crippen molar-refractivity contribution in [2.75, 3.05) is 0 Å². The molecular formula is C15H23ClN2O. The SMILES string of the molecule is CC(C)CC(C)Oc1ccc(Cl)c(CNC2CC2)n1. The zero-order valence-corrected chi connectivity index (χ0v) is 12.7. The van der Waals surface area contributed by atoms with Gasteiger partial charge in [-0.3, -0.25) is 0 Å². The molecule has 0 amide bonds. The first kappa shape index (κ1) is 14.6. The Morgan fingerprint density at radius 1 is 1.37 bits per heavy atom. The minimum absolute atomic E-state index is 0.179. The summed E-state index contributed by atoms with van der Waals surface area (Å²) in [4.78, 5) is 4.50. The second kappa shape index (κ2) is 6.58. The minimum atomic E-state index is 0.179. The molecule has 106 valence electrons. The molecule has 1 unspecified atom stereocenters. The molecule has 0 bridgehead atoms. The molecule has 0 aromatic carbocycles. The Labute approximate surface area is 120 Å². The summed E-state index contributed by atoms with van der Waals surface area (Å²) in [5.41, 5.74) is 0.878. The summed E-state index contributed by atoms with van der Waals surface area (Å²) < 4.78 is 5.85. The predicted molar refractivity (Wildman–Crippen MR) is 78.7 cm³/mol. The highest BCUT2D eigenvalue weighted by Gasteiger charge is 2.21. The second-order valence-corrected chi connectivity index (χ2v) is 6.20. The maximum Gasteiger partial charge on any atom is 0.213 e. The van der Waals surface area contributed by atoms with Crippen LogP contribution in [0.4, 0.5) is 0 Å². The van der Waals surface area contributed by atoms with Crippen molar-refractivity contribution in [1.29, 1.82) is 0 Å². The first-order valence-corrected chi connectivity index (χ1v) is 7.48. The van der Waals surface area contributed by atoms with E-state index in [1.807, 2.05) is 12.1 Å². The van der Waals surface area contributed by atoms with Gasteiger partial charge in [-0.1, -0.05) is 25.4 Å². The van der Waals surface area contributed by atoms with Gasteiger partial charge in [0.1, 0.15) is 0 Å². The average molecular weight is 283 g/mol. The normalized spacial score (nSPS) is 16.7. The van der Waals surface area contributed by atoms with E-state index in [9.17, 15) is 0 Å². The number of aromatic nitrogens is 1. The van der Waals surface area contributed by atoms with Crippen molar-refractivity contribution in [3.05, 3.63) is 22.8 Å². The molecule has 1 aromatic heterocycles. The third-order valence-corrected chi connectivity index (χ3v) is 3.50. The fourth-order valence-corrected chi connectivity index (χ4v) is 2.27. The molecule has 1 saturated carbocycles. The lowest BCUT2D eigenvalue weighted by Crippen LogP contribution is -2.18. The van der Waals surface area contributed by atoms with Crippen molar-refractivity contribution in [3.8, 4) is 5.88 Å². The van der Waals surface area contributed by atoms with E-state index in [0.717, 1.165) is 18.7 Å². The molecule has 2 rings (SSSR count). The van der Waals surface area contributed by atoms with Gasteiger partial charge in [0.2, 0.25) is 5.88 Å². The zero-order chi connectivity index (χ0) is 13.8. The van der Waals surface area contributed by atoms with E-state index in [1.54, 1.807) is 0 Å². The summed E-state index contributed by atoms with van der Waals surface area (Å²) in [5.74, 6) is 1.29. The van der Waals surface area contributed by atoms with Crippen molar-refractivity contribution < 1.29 is 4.74 Å². The molecule has 1 fully saturated rings. The number of nitrogens with one attached hydrogen (secondary N) is 1. The number of rotatable bonds is 7. The molecule has 0 radical (unpaired) electrons. The number of pyridine rings is 1. The lowest BCUT2D eigenvalue weighted by atomic mass is 10.1. The van der Waals surface area contributed by atoms with Gasteiger partial charge >= 0.3 is 0 Å². The number of hydrogen-bond acceptors (Lipinski definition) is 3. The van der Waals surface area contributed by atoms with Crippen molar-refractivity contribution in [1.82, 2.24) is 10.3 Å². The quantitative estimate of drug-likeness (QED) is 0.826. The topological polar surface area (TPSA) is 34.1 Å². The Morgan fingerprint density at radius 3 is 2.74 bits per heavy atom. The Balaban J connectivity index is 1.94. The molecule has 0 saturated heterocycles. The number of halogens is 1. The highest BCUT2D eigenvalue weighted by molar-refractivity contribution is 6.31. The van der Waals surface area contributed by atoms with Gasteiger partial charge in [0.15, 0.2) is 0 Å². The van der Waals surface area contributed by atoms with Crippen LogP contribution in [0.15, 0.2) is 12.1 Å². The van der Waals surface area contributed by atoms with Crippen LogP contribution >= 0.6 is 11.6 Å². The molecule has 0 aliphatic heterocycles. The Morgan fingerprint density at radius 2 is 2.11 bits per heavy atom. The van der Waals surface area contributed by atoms with Crippen molar-refractivity contribution >= 4 is 11.6 Å². The number of hydrogen-bond donors (Lipinski definition) is 1. The van der Waals surface area contributed by atoms with E-state index in [4.69, 9.17) is 16.3 Å². The largest absolute Gasteiger partial charge is 0.475 e. The lowest BCUT2D eigenvalue weighted by Gasteiger charge is -2.16. The molecule has 1 aliphatic rings. The Kier molecular flexibility index (Phi) is 5.06. The second-order valence-electron chi connectivity index (χ2n) is 5.79. The fourth-order valence-electron chi connectivity index (χ4n) is 2.10. The Bertz CT molecular complexity index is 419. The minimum Gasteiger partial charge on any atom is -0.475 e. The molecule has 19 heavy (non-hydrogen) atoms. The number of ether oxygens (including phenoxy) is 1. The van der Waals surface area contributed by atoms with Gasteiger partial charge in [-0.15, -0.1) is 0 Å². The van der Waals surface area contributed by atoms with Crippen molar-refractivity contribution in [3.63, 3.8) is 0 Å². The lowest BCUT2D eigenvalue weighted by molar-refractivity contribution is 0.185. The molecular weight excluding hydrogens is 260 g/mol. The Hall–Kier alpha value is -0.800. The summed E-state index contributed by atoms with van der Waals surface area (Å²) in [6, 6.07) is 4.37. The van der Waals surface area contributed by atoms with Crippen LogP contribution in [-0.4, -0.2) is 17.1 Å². The van der Waals surface area contributed by atoms with Crippen molar-refractivity contribution in [2.45, 2.75) is 58.7 Å². The van der Waals surface area contributed by atoms with E-state index >= 15 is 0 Å². The van der Waals surface area contributed by atoms with Crippen molar-refractivity contribution in [2.24, 2.45) is 5.92 Å². The summed E-state index contributed by atoms with van der Waals surface area (Å²) >= 11 is 6.16. The molecule has 0 spiro atoms. The average Bonchev–Trinajstić information content (AvgIpc) is 3.12. The maximum absolute atomic E-state index is 6.16. The predicted octanol–water partition coefficient (Wildman–Crippen LogP) is 3.80. The first-order chi connectivity index (χ1) is 9.04. The van der Waals surface area contributed by atoms with Crippen LogP contribution < -0.4 is 10.1 Å². The molecule has 1 atom stereocenters. The smallest absolute Gasteiger partial charge is 0.213 e. The van der Waals surface area contributed by atoms with Crippen LogP contribution in [0.1, 0.15) is 45.7 Å². The highest BCUT2D eigenvalue weighted by Crippen LogP contribution is 2.23. The highest BCUT2D eigenvalue weighted by atomic mass is 35.5. The van der Waals surface area contributed by atoms with Crippen LogP contribution in [0.3, 0.4) is 0 Å². The van der Waals surface area contributed by atoms with E-state index in [-0.39, 0.29) is 6.10 Å². The van der Waals surface area contributed by atoms with Crippen LogP contribution in [0.2, 0.25) is 5.02 Å². The monoisotopic (exact) mass is 282 g/mol. The van der Waals surface area contributed by atoms with E-state index < -0.39 is 0 Å². The van der Waals surface area contributed by atoms with E-state index in [2.05, 4.69) is 31.1 Å². The summed E-state index contributed by atoms with van der Waals surface area (Å²) in [6.45, 7) is 7.19. The molecule has 1 N–H and O–H groups in total. The van der Waals surface area contributed by atoms with Crippen LogP contribution in [0.25, 0.3) is 0 Å². The summed E-state index contributed by atoms with van der Waals surface area (Å²) in [6.07, 6.45) is 3.73. The zero-order valence-electron chi connectivity index (χ0n) is 11.9. The van der Waals surface area contributed by atoms with Gasteiger partial charge in [0.05, 0.1) is 16.8 Å². The molecule has 1 heterocycles. The van der Waals surface area contributed by atoms with Crippen LogP contribution in [-0.2, 0) is 6.54 Å². The van der Waals surface area contributed by atoms with Gasteiger partial charge in [-0.25, -0.2) is 4.98 Å². The maximum atomic E-state index is 6.16. The summed E-state index contributed by atoms with van der Waals surface area (Å²) in [7, 11) is 0. The molecule has 3 nitrogen and oxygen atoms in total. The van der Waals surface area contributed by atoms with Crippen LogP contribution in [0, 0.1) is 5.92 Å². The van der Waals surface area contributed by atoms with Gasteiger partial charge in [0.25, 0.3) is 0 Å². The van der Waals surface area contributed by atoms with Gasteiger partial charge in [0, 0.05) is 18.7 Å². The first-order valence-electron chi connectivity index (χ1n) is 7.10. The number of nitrogens with zero attached hydrogens (tertiary/aromatic N) is 1.